The Morgan fingerprint density at radius 1 is 1.40 bits per heavy atom. The van der Waals surface area contributed by atoms with Crippen LogP contribution in [0.2, 0.25) is 0 Å². The van der Waals surface area contributed by atoms with Gasteiger partial charge in [-0.15, -0.1) is 0 Å². The van der Waals surface area contributed by atoms with E-state index >= 15 is 0 Å². The molecule has 0 bridgehead atoms. The lowest BCUT2D eigenvalue weighted by molar-refractivity contribution is -0.0643. The fraction of sp³-hybridized carbons (Fsp3) is 1.00. The lowest BCUT2D eigenvalue weighted by Crippen LogP contribution is -2.37. The van der Waals surface area contributed by atoms with E-state index in [0.29, 0.717) is 5.92 Å². The summed E-state index contributed by atoms with van der Waals surface area (Å²) in [5.41, 5.74) is 0. The van der Waals surface area contributed by atoms with E-state index < -0.39 is 0 Å². The second-order valence-corrected chi connectivity index (χ2v) is 3.18. The van der Waals surface area contributed by atoms with Crippen LogP contribution in [0.4, 0.5) is 0 Å². The van der Waals surface area contributed by atoms with Crippen LogP contribution in [-0.2, 0) is 4.74 Å². The number of hydrogen-bond acceptors (Lipinski definition) is 2. The Hall–Kier alpha value is -0.0800. The molecule has 0 radical (unpaired) electrons. The lowest BCUT2D eigenvalue weighted by Gasteiger charge is -2.31. The molecule has 1 aliphatic carbocycles. The van der Waals surface area contributed by atoms with E-state index in [4.69, 9.17) is 4.74 Å². The zero-order chi connectivity index (χ0) is 7.56. The predicted molar refractivity (Wildman–Crippen MR) is 39.8 cm³/mol. The standard InChI is InChI=1S/C8H16O2/c1-6-4-3-5-7(9)8(6)10-2/h6-9H,3-5H2,1-2H3. The number of hydrogen-bond donors (Lipinski definition) is 1. The van der Waals surface area contributed by atoms with Gasteiger partial charge in [0.15, 0.2) is 0 Å². The van der Waals surface area contributed by atoms with Gasteiger partial charge in [0.2, 0.25) is 0 Å². The number of ether oxygens (including phenoxy) is 1. The maximum atomic E-state index is 9.41. The van der Waals surface area contributed by atoms with Crippen molar-refractivity contribution in [1.29, 1.82) is 0 Å². The molecule has 0 amide bonds. The summed E-state index contributed by atoms with van der Waals surface area (Å²) in [5.74, 6) is 0.522. The van der Waals surface area contributed by atoms with E-state index in [9.17, 15) is 5.11 Å². The van der Waals surface area contributed by atoms with Crippen molar-refractivity contribution in [3.8, 4) is 0 Å². The molecule has 0 aromatic carbocycles. The molecule has 0 aromatic rings. The van der Waals surface area contributed by atoms with Crippen molar-refractivity contribution in [3.63, 3.8) is 0 Å². The summed E-state index contributed by atoms with van der Waals surface area (Å²) in [5, 5.41) is 9.41. The SMILES string of the molecule is COC1C(C)CCCC1O. The van der Waals surface area contributed by atoms with E-state index in [1.807, 2.05) is 0 Å². The first-order valence-electron chi connectivity index (χ1n) is 3.96. The summed E-state index contributed by atoms with van der Waals surface area (Å²) in [6, 6.07) is 0. The van der Waals surface area contributed by atoms with E-state index in [-0.39, 0.29) is 12.2 Å². The van der Waals surface area contributed by atoms with Gasteiger partial charge in [0, 0.05) is 7.11 Å². The van der Waals surface area contributed by atoms with Crippen LogP contribution >= 0.6 is 0 Å². The zero-order valence-corrected chi connectivity index (χ0v) is 6.71. The molecule has 1 rings (SSSR count). The highest BCUT2D eigenvalue weighted by Crippen LogP contribution is 2.25. The summed E-state index contributed by atoms with van der Waals surface area (Å²) in [7, 11) is 1.68. The molecular weight excluding hydrogens is 128 g/mol. The normalized spacial score (nSPS) is 41.7. The molecule has 1 saturated carbocycles. The summed E-state index contributed by atoms with van der Waals surface area (Å²) < 4.78 is 5.17. The van der Waals surface area contributed by atoms with Gasteiger partial charge in [-0.3, -0.25) is 0 Å². The second kappa shape index (κ2) is 3.35. The van der Waals surface area contributed by atoms with Crippen molar-refractivity contribution >= 4 is 0 Å². The van der Waals surface area contributed by atoms with Gasteiger partial charge in [-0.2, -0.15) is 0 Å². The van der Waals surface area contributed by atoms with Crippen LogP contribution < -0.4 is 0 Å². The third-order valence-corrected chi connectivity index (χ3v) is 2.37. The highest BCUT2D eigenvalue weighted by Gasteiger charge is 2.28. The van der Waals surface area contributed by atoms with Gasteiger partial charge in [-0.05, 0) is 18.8 Å². The number of methoxy groups -OCH3 is 1. The van der Waals surface area contributed by atoms with E-state index in [1.165, 1.54) is 6.42 Å². The first-order valence-corrected chi connectivity index (χ1v) is 3.96. The topological polar surface area (TPSA) is 29.5 Å². The van der Waals surface area contributed by atoms with E-state index in [0.717, 1.165) is 12.8 Å². The Bertz CT molecular complexity index is 93.4. The highest BCUT2D eigenvalue weighted by molar-refractivity contribution is 4.79. The third-order valence-electron chi connectivity index (χ3n) is 2.37. The largest absolute Gasteiger partial charge is 0.390 e. The van der Waals surface area contributed by atoms with E-state index in [2.05, 4.69) is 6.92 Å². The van der Waals surface area contributed by atoms with Crippen molar-refractivity contribution in [1.82, 2.24) is 0 Å². The van der Waals surface area contributed by atoms with Gasteiger partial charge < -0.3 is 9.84 Å². The van der Waals surface area contributed by atoms with Gasteiger partial charge >= 0.3 is 0 Å². The summed E-state index contributed by atoms with van der Waals surface area (Å²) in [6.07, 6.45) is 3.09. The molecule has 0 saturated heterocycles. The molecule has 3 atom stereocenters. The summed E-state index contributed by atoms with van der Waals surface area (Å²) in [4.78, 5) is 0. The summed E-state index contributed by atoms with van der Waals surface area (Å²) in [6.45, 7) is 2.14. The molecule has 2 heteroatoms. The second-order valence-electron chi connectivity index (χ2n) is 3.18. The summed E-state index contributed by atoms with van der Waals surface area (Å²) >= 11 is 0. The molecule has 0 spiro atoms. The lowest BCUT2D eigenvalue weighted by atomic mass is 9.86. The Morgan fingerprint density at radius 2 is 2.10 bits per heavy atom. The first kappa shape index (κ1) is 8.02. The maximum Gasteiger partial charge on any atom is 0.0855 e. The van der Waals surface area contributed by atoms with Crippen molar-refractivity contribution in [2.24, 2.45) is 5.92 Å². The zero-order valence-electron chi connectivity index (χ0n) is 6.71. The van der Waals surface area contributed by atoms with Crippen molar-refractivity contribution in [2.45, 2.75) is 38.4 Å². The molecular formula is C8H16O2. The number of aliphatic hydroxyl groups is 1. The Labute approximate surface area is 62.2 Å². The van der Waals surface area contributed by atoms with Crippen molar-refractivity contribution in [3.05, 3.63) is 0 Å². The Kier molecular flexibility index (Phi) is 2.69. The molecule has 60 valence electrons. The minimum absolute atomic E-state index is 0.0775. The molecule has 1 aliphatic rings. The van der Waals surface area contributed by atoms with Gasteiger partial charge in [0.05, 0.1) is 12.2 Å². The van der Waals surface area contributed by atoms with Crippen LogP contribution in [0.3, 0.4) is 0 Å². The average molecular weight is 144 g/mol. The van der Waals surface area contributed by atoms with Crippen molar-refractivity contribution in [2.75, 3.05) is 7.11 Å². The predicted octanol–water partition coefficient (Wildman–Crippen LogP) is 1.18. The van der Waals surface area contributed by atoms with Gasteiger partial charge in [0.1, 0.15) is 0 Å². The van der Waals surface area contributed by atoms with Crippen LogP contribution in [0.25, 0.3) is 0 Å². The quantitative estimate of drug-likeness (QED) is 0.599. The molecule has 1 N–H and O–H groups in total. The van der Waals surface area contributed by atoms with E-state index in [1.54, 1.807) is 7.11 Å². The Morgan fingerprint density at radius 3 is 2.50 bits per heavy atom. The number of rotatable bonds is 1. The van der Waals surface area contributed by atoms with Crippen LogP contribution in [0.15, 0.2) is 0 Å². The van der Waals surface area contributed by atoms with Gasteiger partial charge in [0.25, 0.3) is 0 Å². The average Bonchev–Trinajstić information content (AvgIpc) is 1.88. The molecule has 10 heavy (non-hydrogen) atoms. The van der Waals surface area contributed by atoms with Crippen molar-refractivity contribution < 1.29 is 9.84 Å². The number of aliphatic hydroxyl groups excluding tert-OH is 1. The van der Waals surface area contributed by atoms with Crippen LogP contribution in [0, 0.1) is 5.92 Å². The minimum Gasteiger partial charge on any atom is -0.390 e. The third kappa shape index (κ3) is 1.50. The smallest absolute Gasteiger partial charge is 0.0855 e. The highest BCUT2D eigenvalue weighted by atomic mass is 16.5. The molecule has 0 aromatic heterocycles. The molecule has 3 unspecified atom stereocenters. The fourth-order valence-corrected chi connectivity index (χ4v) is 1.75. The van der Waals surface area contributed by atoms with Crippen LogP contribution in [0.5, 0.6) is 0 Å². The van der Waals surface area contributed by atoms with Gasteiger partial charge in [-0.1, -0.05) is 13.3 Å². The maximum absolute atomic E-state index is 9.41. The van der Waals surface area contributed by atoms with Crippen LogP contribution in [0.1, 0.15) is 26.2 Å². The molecule has 0 heterocycles. The van der Waals surface area contributed by atoms with Gasteiger partial charge in [-0.25, -0.2) is 0 Å². The first-order chi connectivity index (χ1) is 4.75. The molecule has 0 aliphatic heterocycles. The molecule has 1 fully saturated rings. The minimum atomic E-state index is -0.228. The molecule has 2 nitrogen and oxygen atoms in total. The monoisotopic (exact) mass is 144 g/mol. The fourth-order valence-electron chi connectivity index (χ4n) is 1.75. The van der Waals surface area contributed by atoms with Crippen LogP contribution in [-0.4, -0.2) is 24.4 Å². The Balaban J connectivity index is 2.45.